The number of hydrogen-bond acceptors (Lipinski definition) is 5. The van der Waals surface area contributed by atoms with Crippen molar-refractivity contribution in [3.05, 3.63) is 449 Å². The second kappa shape index (κ2) is 32.1. The molecule has 0 amide bonds. The van der Waals surface area contributed by atoms with E-state index in [-0.39, 0.29) is 11.2 Å². The predicted octanol–water partition coefficient (Wildman–Crippen LogP) is 30.3. The maximum atomic E-state index is 6.32. The van der Waals surface area contributed by atoms with Crippen LogP contribution in [0.5, 0.6) is 0 Å². The summed E-state index contributed by atoms with van der Waals surface area (Å²) in [5, 5.41) is 7.57. The molecule has 1 fully saturated rings. The van der Waals surface area contributed by atoms with Crippen LogP contribution in [0.3, 0.4) is 0 Å². The smallest absolute Gasteiger partial charge is 0.399 e. The van der Waals surface area contributed by atoms with Gasteiger partial charge in [0.15, 0.2) is 0 Å². The summed E-state index contributed by atoms with van der Waals surface area (Å²) in [5.41, 5.74) is 29.2. The summed E-state index contributed by atoms with van der Waals surface area (Å²) in [5.74, 6) is 0. The molecule has 1 aliphatic heterocycles. The van der Waals surface area contributed by atoms with Gasteiger partial charge in [-0.15, -0.1) is 0 Å². The highest BCUT2D eigenvalue weighted by atomic mass is 16.7. The molecule has 0 aliphatic carbocycles. The number of para-hydroxylation sites is 3. The molecule has 19 aromatic rings. The Balaban J connectivity index is 0.000000194. The van der Waals surface area contributed by atoms with E-state index in [1.807, 2.05) is 6.07 Å². The minimum Gasteiger partial charge on any atom is -0.399 e. The van der Waals surface area contributed by atoms with E-state index in [0.29, 0.717) is 0 Å². The molecule has 20 rings (SSSR count). The van der Waals surface area contributed by atoms with Crippen molar-refractivity contribution < 1.29 is 9.31 Å². The van der Waals surface area contributed by atoms with E-state index in [1.54, 1.807) is 0 Å². The summed E-state index contributed by atoms with van der Waals surface area (Å²) in [6, 6.07) is 162. The Kier molecular flexibility index (Phi) is 20.1. The average Bonchev–Trinajstić information content (AvgIpc) is 0.956. The molecule has 0 aromatic heterocycles. The quantitative estimate of drug-likeness (QED) is 0.0631. The Labute approximate surface area is 692 Å². The van der Waals surface area contributed by atoms with Crippen LogP contribution < -0.4 is 20.2 Å². The number of hydrogen-bond donors (Lipinski definition) is 0. The molecule has 0 N–H and O–H groups in total. The van der Waals surface area contributed by atoms with E-state index < -0.39 is 7.12 Å². The van der Waals surface area contributed by atoms with Crippen molar-refractivity contribution in [3.63, 3.8) is 0 Å². The Morgan fingerprint density at radius 2 is 0.398 bits per heavy atom. The topological polar surface area (TPSA) is 28.2 Å². The van der Waals surface area contributed by atoms with Gasteiger partial charge >= 0.3 is 7.12 Å². The molecule has 19 aromatic carbocycles. The Bertz CT molecular complexity index is 6370. The van der Waals surface area contributed by atoms with E-state index in [2.05, 4.69) is 485 Å². The van der Waals surface area contributed by atoms with Crippen molar-refractivity contribution in [2.75, 3.05) is 14.7 Å². The van der Waals surface area contributed by atoms with Gasteiger partial charge in [0.25, 0.3) is 0 Å². The van der Waals surface area contributed by atoms with Crippen molar-refractivity contribution in [1.29, 1.82) is 0 Å². The average molecular weight is 1520 g/mol. The largest absolute Gasteiger partial charge is 0.494 e. The highest BCUT2D eigenvalue weighted by molar-refractivity contribution is 6.62. The maximum Gasteiger partial charge on any atom is 0.494 e. The summed E-state index contributed by atoms with van der Waals surface area (Å²) in [6.45, 7) is 8.34. The Morgan fingerprint density at radius 1 is 0.186 bits per heavy atom. The summed E-state index contributed by atoms with van der Waals surface area (Å²) < 4.78 is 12.6. The first kappa shape index (κ1) is 73.8. The first-order chi connectivity index (χ1) is 58.0. The van der Waals surface area contributed by atoms with Crippen molar-refractivity contribution in [3.8, 4) is 89.0 Å². The molecule has 0 saturated carbocycles. The molecule has 0 atom stereocenters. The fourth-order valence-electron chi connectivity index (χ4n) is 16.8. The van der Waals surface area contributed by atoms with Crippen LogP contribution >= 0.6 is 0 Å². The lowest BCUT2D eigenvalue weighted by Crippen LogP contribution is -2.41. The molecular formula is C112H86BN3O2. The van der Waals surface area contributed by atoms with Crippen LogP contribution in [0.4, 0.5) is 51.2 Å². The molecule has 1 saturated heterocycles. The first-order valence-electron chi connectivity index (χ1n) is 40.7. The second-order valence-corrected chi connectivity index (χ2v) is 31.3. The molecule has 1 aliphatic rings. The van der Waals surface area contributed by atoms with Crippen LogP contribution in [0.2, 0.25) is 0 Å². The van der Waals surface area contributed by atoms with Gasteiger partial charge < -0.3 is 24.0 Å². The van der Waals surface area contributed by atoms with Gasteiger partial charge in [0, 0.05) is 50.8 Å². The van der Waals surface area contributed by atoms with Crippen LogP contribution in [-0.4, -0.2) is 18.3 Å². The van der Waals surface area contributed by atoms with Crippen molar-refractivity contribution in [1.82, 2.24) is 0 Å². The Morgan fingerprint density at radius 3 is 0.678 bits per heavy atom. The van der Waals surface area contributed by atoms with Gasteiger partial charge in [-0.1, -0.05) is 358 Å². The zero-order valence-electron chi connectivity index (χ0n) is 66.5. The number of rotatable bonds is 18. The summed E-state index contributed by atoms with van der Waals surface area (Å²) in [7, 11) is -0.394. The van der Waals surface area contributed by atoms with E-state index in [0.717, 1.165) is 56.6 Å². The zero-order chi connectivity index (χ0) is 79.5. The third-order valence-electron chi connectivity index (χ3n) is 23.6. The minimum atomic E-state index is -0.394. The molecule has 0 unspecified atom stereocenters. The minimum absolute atomic E-state index is 0.377. The number of benzene rings is 19. The van der Waals surface area contributed by atoms with Crippen LogP contribution in [0.1, 0.15) is 27.7 Å². The van der Waals surface area contributed by atoms with Gasteiger partial charge in [-0.2, -0.15) is 0 Å². The van der Waals surface area contributed by atoms with Crippen molar-refractivity contribution in [2.45, 2.75) is 38.9 Å². The Hall–Kier alpha value is -14.4. The van der Waals surface area contributed by atoms with Crippen LogP contribution in [0.25, 0.3) is 121 Å². The molecule has 0 spiro atoms. The second-order valence-electron chi connectivity index (χ2n) is 31.3. The SMILES string of the molecule is CC1(C)OB(c2ccc(N(c3ccc(-c4ccccc4)cc3)c3ccccc3-c3ccccc3)cc2)OC1(C)C.c1ccc(-c2ccc(N(c3ccc(-c4ccc5ccc6c(-c7ccc(N(c8ccc(-c9ccccc9)cc8)c8ccccc8-c8ccccc8)cc7)ccc7ccc4c5c76)cc3)c3ccccc3-c3ccccc3)cc2)cc1. The van der Waals surface area contributed by atoms with Crippen molar-refractivity contribution in [2.24, 2.45) is 0 Å². The van der Waals surface area contributed by atoms with E-state index in [4.69, 9.17) is 9.31 Å². The fraction of sp³-hybridized carbons (Fsp3) is 0.0536. The molecule has 1 heterocycles. The summed E-state index contributed by atoms with van der Waals surface area (Å²) in [4.78, 5) is 7.11. The molecule has 5 nitrogen and oxygen atoms in total. The van der Waals surface area contributed by atoms with Crippen molar-refractivity contribution >= 4 is 96.1 Å². The third kappa shape index (κ3) is 14.6. The molecule has 118 heavy (non-hydrogen) atoms. The first-order valence-corrected chi connectivity index (χ1v) is 40.7. The van der Waals surface area contributed by atoms with Gasteiger partial charge in [0.2, 0.25) is 0 Å². The number of nitrogens with zero attached hydrogens (tertiary/aromatic N) is 3. The van der Waals surface area contributed by atoms with E-state index in [1.165, 1.54) is 121 Å². The lowest BCUT2D eigenvalue weighted by atomic mass is 9.79. The van der Waals surface area contributed by atoms with Gasteiger partial charge in [-0.3, -0.25) is 0 Å². The third-order valence-corrected chi connectivity index (χ3v) is 23.6. The van der Waals surface area contributed by atoms with Crippen LogP contribution in [-0.2, 0) is 9.31 Å². The standard InChI is InChI=1S/C76H52N2.C36H34BNO2/c1-5-17-53(18-6-1)55-29-41-63(42-30-55)77(73-27-15-13-25-69(73)57-21-9-3-10-22-57)65-45-33-59(34-46-65)67-49-37-61-40-52-72-68(50-38-62-39-51-71(67)75(61)76(62)72)60-35-47-66(48-36-60)78(64-43-31-56(32-44-64)54-19-7-2-8-20-54)74-28-16-14-26-70(74)58-23-11-4-12-24-58;1-35(2)36(3,4)40-37(39-35)30-21-25-32(26-22-30)38(31-23-19-28(20-24-31)27-13-7-5-8-14-27)34-18-12-11-17-33(34)29-15-9-6-10-16-29/h1-52H;5-26H,1-4H3. The predicted molar refractivity (Wildman–Crippen MR) is 500 cm³/mol. The van der Waals surface area contributed by atoms with Crippen LogP contribution in [0.15, 0.2) is 449 Å². The lowest BCUT2D eigenvalue weighted by molar-refractivity contribution is 0.00578. The van der Waals surface area contributed by atoms with E-state index in [9.17, 15) is 0 Å². The summed E-state index contributed by atoms with van der Waals surface area (Å²) >= 11 is 0. The monoisotopic (exact) mass is 1520 g/mol. The molecule has 0 bridgehead atoms. The molecule has 6 heteroatoms. The molecular weight excluding hydrogens is 1430 g/mol. The number of anilines is 9. The van der Waals surface area contributed by atoms with Gasteiger partial charge in [-0.25, -0.2) is 0 Å². The van der Waals surface area contributed by atoms with Gasteiger partial charge in [0.1, 0.15) is 0 Å². The van der Waals surface area contributed by atoms with E-state index >= 15 is 0 Å². The van der Waals surface area contributed by atoms with Gasteiger partial charge in [-0.05, 0) is 229 Å². The maximum absolute atomic E-state index is 6.32. The highest BCUT2D eigenvalue weighted by Crippen LogP contribution is 2.49. The highest BCUT2D eigenvalue weighted by Gasteiger charge is 2.51. The molecule has 564 valence electrons. The normalized spacial score (nSPS) is 12.8. The lowest BCUT2D eigenvalue weighted by Gasteiger charge is -2.32. The molecule has 0 radical (unpaired) electrons. The van der Waals surface area contributed by atoms with Gasteiger partial charge in [0.05, 0.1) is 28.3 Å². The van der Waals surface area contributed by atoms with Crippen LogP contribution in [0, 0.1) is 0 Å². The zero-order valence-corrected chi connectivity index (χ0v) is 66.5. The fourth-order valence-corrected chi connectivity index (χ4v) is 16.8. The summed E-state index contributed by atoms with van der Waals surface area (Å²) in [6.07, 6.45) is 0.